The lowest BCUT2D eigenvalue weighted by molar-refractivity contribution is 0.203. The second-order valence-corrected chi connectivity index (χ2v) is 2.51. The van der Waals surface area contributed by atoms with Gasteiger partial charge in [0.05, 0.1) is 0 Å². The van der Waals surface area contributed by atoms with E-state index in [2.05, 4.69) is 5.32 Å². The summed E-state index contributed by atoms with van der Waals surface area (Å²) < 4.78 is 0. The van der Waals surface area contributed by atoms with Gasteiger partial charge in [0.2, 0.25) is 0 Å². The molecule has 0 aliphatic carbocycles. The molecule has 58 valence electrons. The number of nitrogens with two attached hydrogens (primary N) is 1. The first-order valence-corrected chi connectivity index (χ1v) is 3.50. The molecule has 1 aliphatic rings. The summed E-state index contributed by atoms with van der Waals surface area (Å²) in [6, 6.07) is 0.181. The Hall–Kier alpha value is -0.770. The van der Waals surface area contributed by atoms with Crippen molar-refractivity contribution in [1.82, 2.24) is 10.2 Å². The number of amides is 2. The molecule has 2 amide bonds. The molecule has 0 aromatic rings. The van der Waals surface area contributed by atoms with Gasteiger partial charge < -0.3 is 16.0 Å². The fourth-order valence-corrected chi connectivity index (χ4v) is 1.03. The maximum absolute atomic E-state index is 10.9. The Morgan fingerprint density at radius 2 is 2.60 bits per heavy atom. The summed E-state index contributed by atoms with van der Waals surface area (Å²) in [6.45, 7) is 4.03. The minimum absolute atomic E-state index is 0.0120. The molecule has 0 aromatic heterocycles. The lowest BCUT2D eigenvalue weighted by Gasteiger charge is -2.20. The molecule has 10 heavy (non-hydrogen) atoms. The summed E-state index contributed by atoms with van der Waals surface area (Å²) in [5, 5.41) is 2.72. The molecule has 1 heterocycles. The number of nitrogens with one attached hydrogen (secondary N) is 1. The topological polar surface area (TPSA) is 58.4 Å². The monoisotopic (exact) mass is 143 g/mol. The van der Waals surface area contributed by atoms with Gasteiger partial charge in [0.25, 0.3) is 0 Å². The van der Waals surface area contributed by atoms with E-state index < -0.39 is 0 Å². The zero-order valence-electron chi connectivity index (χ0n) is 6.13. The van der Waals surface area contributed by atoms with Crippen LogP contribution in [0.25, 0.3) is 0 Å². The lowest BCUT2D eigenvalue weighted by Crippen LogP contribution is -2.40. The highest BCUT2D eigenvalue weighted by molar-refractivity contribution is 5.76. The average Bonchev–Trinajstić information content (AvgIpc) is 2.34. The molecule has 4 heteroatoms. The highest BCUT2D eigenvalue weighted by Gasteiger charge is 2.23. The van der Waals surface area contributed by atoms with Crippen molar-refractivity contribution < 1.29 is 4.79 Å². The molecule has 0 spiro atoms. The summed E-state index contributed by atoms with van der Waals surface area (Å²) >= 11 is 0. The Morgan fingerprint density at radius 1 is 1.90 bits per heavy atom. The zero-order chi connectivity index (χ0) is 7.56. The van der Waals surface area contributed by atoms with Crippen LogP contribution in [0.4, 0.5) is 4.79 Å². The molecule has 0 radical (unpaired) electrons. The van der Waals surface area contributed by atoms with Crippen molar-refractivity contribution in [3.05, 3.63) is 0 Å². The van der Waals surface area contributed by atoms with Crippen molar-refractivity contribution in [2.45, 2.75) is 13.0 Å². The first-order valence-electron chi connectivity index (χ1n) is 3.50. The Labute approximate surface area is 60.4 Å². The molecule has 1 unspecified atom stereocenters. The molecule has 3 N–H and O–H groups in total. The maximum Gasteiger partial charge on any atom is 0.317 e. The van der Waals surface area contributed by atoms with E-state index >= 15 is 0 Å². The quantitative estimate of drug-likeness (QED) is 0.540. The number of rotatable bonds is 2. The fourth-order valence-electron chi connectivity index (χ4n) is 1.03. The van der Waals surface area contributed by atoms with Gasteiger partial charge in [-0.15, -0.1) is 0 Å². The van der Waals surface area contributed by atoms with Crippen LogP contribution in [-0.2, 0) is 0 Å². The van der Waals surface area contributed by atoms with E-state index in [-0.39, 0.29) is 12.1 Å². The van der Waals surface area contributed by atoms with Crippen LogP contribution in [-0.4, -0.2) is 36.6 Å². The number of carbonyl (C=O) groups excluding carboxylic acids is 1. The molecule has 1 aliphatic heterocycles. The van der Waals surface area contributed by atoms with Crippen LogP contribution in [0.1, 0.15) is 6.92 Å². The molecule has 1 fully saturated rings. The molecule has 1 rings (SSSR count). The van der Waals surface area contributed by atoms with Crippen molar-refractivity contribution in [2.24, 2.45) is 5.73 Å². The van der Waals surface area contributed by atoms with Crippen LogP contribution >= 0.6 is 0 Å². The summed E-state index contributed by atoms with van der Waals surface area (Å²) in [6.07, 6.45) is 0. The Bertz CT molecular complexity index is 137. The van der Waals surface area contributed by atoms with Crippen molar-refractivity contribution in [2.75, 3.05) is 19.6 Å². The van der Waals surface area contributed by atoms with Gasteiger partial charge in [0, 0.05) is 25.7 Å². The summed E-state index contributed by atoms with van der Waals surface area (Å²) in [4.78, 5) is 12.7. The van der Waals surface area contributed by atoms with Crippen LogP contribution in [0.2, 0.25) is 0 Å². The molecule has 4 nitrogen and oxygen atoms in total. The molecule has 1 saturated heterocycles. The first-order chi connectivity index (χ1) is 4.75. The molecule has 0 saturated carbocycles. The number of nitrogens with zero attached hydrogens (tertiary/aromatic N) is 1. The lowest BCUT2D eigenvalue weighted by atomic mass is 10.3. The molecule has 0 bridgehead atoms. The van der Waals surface area contributed by atoms with E-state index in [1.54, 1.807) is 4.90 Å². The van der Waals surface area contributed by atoms with Crippen LogP contribution < -0.4 is 11.1 Å². The van der Waals surface area contributed by atoms with Gasteiger partial charge in [0.1, 0.15) is 0 Å². The van der Waals surface area contributed by atoms with E-state index in [0.717, 1.165) is 13.1 Å². The van der Waals surface area contributed by atoms with E-state index in [1.807, 2.05) is 6.92 Å². The maximum atomic E-state index is 10.9. The van der Waals surface area contributed by atoms with Gasteiger partial charge in [-0.1, -0.05) is 0 Å². The second kappa shape index (κ2) is 2.88. The van der Waals surface area contributed by atoms with Crippen LogP contribution in [0.5, 0.6) is 0 Å². The molecule has 0 aromatic carbocycles. The largest absolute Gasteiger partial charge is 0.336 e. The second-order valence-electron chi connectivity index (χ2n) is 2.51. The van der Waals surface area contributed by atoms with Crippen LogP contribution in [0.3, 0.4) is 0 Å². The predicted molar refractivity (Wildman–Crippen MR) is 38.6 cm³/mol. The summed E-state index contributed by atoms with van der Waals surface area (Å²) in [7, 11) is 0. The Balaban J connectivity index is 2.46. The normalized spacial score (nSPS) is 21.0. The third-order valence-corrected chi connectivity index (χ3v) is 1.76. The van der Waals surface area contributed by atoms with E-state index in [9.17, 15) is 4.79 Å². The molecule has 1 atom stereocenters. The van der Waals surface area contributed by atoms with Gasteiger partial charge in [-0.25, -0.2) is 4.79 Å². The van der Waals surface area contributed by atoms with Crippen LogP contribution in [0.15, 0.2) is 0 Å². The van der Waals surface area contributed by atoms with Crippen molar-refractivity contribution in [3.8, 4) is 0 Å². The number of hydrogen-bond acceptors (Lipinski definition) is 2. The SMILES string of the molecule is CC(CN)N1CCNC1=O. The van der Waals surface area contributed by atoms with Crippen molar-refractivity contribution in [3.63, 3.8) is 0 Å². The standard InChI is InChI=1S/C6H13N3O/c1-5(4-7)9-3-2-8-6(9)10/h5H,2-4,7H2,1H3,(H,8,10). The third-order valence-electron chi connectivity index (χ3n) is 1.76. The van der Waals surface area contributed by atoms with Gasteiger partial charge in [0.15, 0.2) is 0 Å². The number of carbonyl (C=O) groups is 1. The van der Waals surface area contributed by atoms with Gasteiger partial charge >= 0.3 is 6.03 Å². The molecular formula is C6H13N3O. The predicted octanol–water partition coefficient (Wildman–Crippen LogP) is -0.641. The Kier molecular flexibility index (Phi) is 2.11. The van der Waals surface area contributed by atoms with Crippen molar-refractivity contribution >= 4 is 6.03 Å². The number of urea groups is 1. The summed E-state index contributed by atoms with van der Waals surface area (Å²) in [5.74, 6) is 0. The van der Waals surface area contributed by atoms with Gasteiger partial charge in [-0.2, -0.15) is 0 Å². The minimum atomic E-state index is 0.0120. The zero-order valence-corrected chi connectivity index (χ0v) is 6.13. The summed E-state index contributed by atoms with van der Waals surface area (Å²) in [5.41, 5.74) is 5.39. The smallest absolute Gasteiger partial charge is 0.317 e. The van der Waals surface area contributed by atoms with Gasteiger partial charge in [-0.3, -0.25) is 0 Å². The fraction of sp³-hybridized carbons (Fsp3) is 0.833. The van der Waals surface area contributed by atoms with E-state index in [1.165, 1.54) is 0 Å². The van der Waals surface area contributed by atoms with Gasteiger partial charge in [-0.05, 0) is 6.92 Å². The number of hydrogen-bond donors (Lipinski definition) is 2. The Morgan fingerprint density at radius 3 is 3.00 bits per heavy atom. The third kappa shape index (κ3) is 1.21. The molecular weight excluding hydrogens is 130 g/mol. The van der Waals surface area contributed by atoms with E-state index in [0.29, 0.717) is 6.54 Å². The highest BCUT2D eigenvalue weighted by atomic mass is 16.2. The van der Waals surface area contributed by atoms with Crippen LogP contribution in [0, 0.1) is 0 Å². The minimum Gasteiger partial charge on any atom is -0.336 e. The van der Waals surface area contributed by atoms with E-state index in [4.69, 9.17) is 5.73 Å². The first kappa shape index (κ1) is 7.34. The highest BCUT2D eigenvalue weighted by Crippen LogP contribution is 2.01. The average molecular weight is 143 g/mol. The van der Waals surface area contributed by atoms with Crippen molar-refractivity contribution in [1.29, 1.82) is 0 Å².